The Labute approximate surface area is 129 Å². The third-order valence-electron chi connectivity index (χ3n) is 4.76. The average Bonchev–Trinajstić information content (AvgIpc) is 3.04. The molecule has 4 heteroatoms. The molecule has 0 bridgehead atoms. The van der Waals surface area contributed by atoms with E-state index in [4.69, 9.17) is 16.3 Å². The maximum absolute atomic E-state index is 10.4. The van der Waals surface area contributed by atoms with Crippen molar-refractivity contribution in [2.45, 2.75) is 24.6 Å². The van der Waals surface area contributed by atoms with E-state index in [0.717, 1.165) is 41.8 Å². The Bertz CT molecular complexity index is 741. The van der Waals surface area contributed by atoms with Gasteiger partial charge in [0.2, 0.25) is 0 Å². The number of hydrogen-bond acceptors (Lipinski definition) is 3. The van der Waals surface area contributed by atoms with E-state index in [-0.39, 0.29) is 11.3 Å². The summed E-state index contributed by atoms with van der Waals surface area (Å²) in [5.74, 6) is 1.51. The second-order valence-electron chi connectivity index (χ2n) is 6.07. The maximum atomic E-state index is 10.4. The molecule has 2 aliphatic heterocycles. The fourth-order valence-electron chi connectivity index (χ4n) is 3.70. The maximum Gasteiger partial charge on any atom is 0.130 e. The van der Waals surface area contributed by atoms with Gasteiger partial charge in [-0.15, -0.1) is 11.6 Å². The van der Waals surface area contributed by atoms with E-state index in [9.17, 15) is 5.11 Å². The quantitative estimate of drug-likeness (QED) is 0.816. The molecule has 0 spiro atoms. The minimum atomic E-state index is 0.0405. The normalized spacial score (nSPS) is 21.3. The Kier molecular flexibility index (Phi) is 2.77. The second-order valence-corrected chi connectivity index (χ2v) is 6.76. The first-order valence-electron chi connectivity index (χ1n) is 7.37. The molecule has 0 aliphatic carbocycles. The van der Waals surface area contributed by atoms with E-state index >= 15 is 0 Å². The van der Waals surface area contributed by atoms with Gasteiger partial charge in [0.15, 0.2) is 0 Å². The molecule has 0 saturated carbocycles. The molecule has 0 saturated heterocycles. The highest BCUT2D eigenvalue weighted by Crippen LogP contribution is 2.50. The minimum Gasteiger partial charge on any atom is -0.507 e. The lowest BCUT2D eigenvalue weighted by atomic mass is 9.90. The van der Waals surface area contributed by atoms with Crippen LogP contribution in [0.5, 0.6) is 11.5 Å². The Morgan fingerprint density at radius 2 is 2.24 bits per heavy atom. The molecule has 0 aromatic heterocycles. The summed E-state index contributed by atoms with van der Waals surface area (Å²) in [6.07, 6.45) is 0.937. The number of phenolic OH excluding ortho intramolecular Hbond substituents is 1. The standard InChI is InChI=1S/C17H18ClNO2/c1-9(18)12-8-19(2)13-7-14(20)11-4-3-10-5-6-21-17(10)16(11)15(12)13/h3-4,7,9,12,20H,5-6,8H2,1-2H3. The van der Waals surface area contributed by atoms with Crippen LogP contribution in [0.4, 0.5) is 5.69 Å². The number of nitrogens with zero attached hydrogens (tertiary/aromatic N) is 1. The minimum absolute atomic E-state index is 0.0405. The molecule has 1 N–H and O–H groups in total. The van der Waals surface area contributed by atoms with Crippen molar-refractivity contribution in [2.75, 3.05) is 25.1 Å². The molecular weight excluding hydrogens is 286 g/mol. The number of ether oxygens (including phenoxy) is 1. The molecular formula is C17H18ClNO2. The van der Waals surface area contributed by atoms with Gasteiger partial charge in [-0.2, -0.15) is 0 Å². The predicted octanol–water partition coefficient (Wildman–Crippen LogP) is 3.64. The highest BCUT2D eigenvalue weighted by atomic mass is 35.5. The van der Waals surface area contributed by atoms with E-state index in [1.807, 2.05) is 26.1 Å². The summed E-state index contributed by atoms with van der Waals surface area (Å²) in [5, 5.41) is 12.4. The fraction of sp³-hybridized carbons (Fsp3) is 0.412. The zero-order valence-electron chi connectivity index (χ0n) is 12.2. The van der Waals surface area contributed by atoms with Gasteiger partial charge in [-0.05, 0) is 18.1 Å². The lowest BCUT2D eigenvalue weighted by Crippen LogP contribution is -2.19. The number of halogens is 1. The monoisotopic (exact) mass is 303 g/mol. The Morgan fingerprint density at radius 3 is 3.00 bits per heavy atom. The van der Waals surface area contributed by atoms with Crippen LogP contribution in [-0.2, 0) is 6.42 Å². The molecule has 0 radical (unpaired) electrons. The number of likely N-dealkylation sites (N-methyl/N-ethyl adjacent to an activating group) is 1. The van der Waals surface area contributed by atoms with Crippen LogP contribution in [0.15, 0.2) is 18.2 Å². The first kappa shape index (κ1) is 13.1. The zero-order chi connectivity index (χ0) is 14.7. The summed E-state index contributed by atoms with van der Waals surface area (Å²) >= 11 is 6.44. The number of benzene rings is 2. The molecule has 2 aromatic rings. The summed E-state index contributed by atoms with van der Waals surface area (Å²) in [6.45, 7) is 3.63. The SMILES string of the molecule is CC(Cl)C1CN(C)c2cc(O)c3ccc4c(c3c21)OCC4. The van der Waals surface area contributed by atoms with Crippen molar-refractivity contribution in [3.8, 4) is 11.5 Å². The lowest BCUT2D eigenvalue weighted by Gasteiger charge is -2.17. The summed E-state index contributed by atoms with van der Waals surface area (Å²) < 4.78 is 5.88. The summed E-state index contributed by atoms with van der Waals surface area (Å²) in [7, 11) is 2.05. The van der Waals surface area contributed by atoms with Crippen molar-refractivity contribution in [2.24, 2.45) is 0 Å². The highest BCUT2D eigenvalue weighted by Gasteiger charge is 2.34. The van der Waals surface area contributed by atoms with Gasteiger partial charge in [-0.1, -0.05) is 12.1 Å². The molecule has 0 amide bonds. The number of hydrogen-bond donors (Lipinski definition) is 1. The van der Waals surface area contributed by atoms with Crippen LogP contribution in [0.2, 0.25) is 0 Å². The highest BCUT2D eigenvalue weighted by molar-refractivity contribution is 6.21. The third-order valence-corrected chi connectivity index (χ3v) is 5.06. The van der Waals surface area contributed by atoms with Crippen LogP contribution in [0.3, 0.4) is 0 Å². The van der Waals surface area contributed by atoms with Gasteiger partial charge in [0.25, 0.3) is 0 Å². The molecule has 2 aromatic carbocycles. The Balaban J connectivity index is 2.12. The smallest absolute Gasteiger partial charge is 0.130 e. The molecule has 2 atom stereocenters. The third kappa shape index (κ3) is 1.73. The molecule has 21 heavy (non-hydrogen) atoms. The van der Waals surface area contributed by atoms with Crippen LogP contribution < -0.4 is 9.64 Å². The second kappa shape index (κ2) is 4.44. The zero-order valence-corrected chi connectivity index (χ0v) is 12.9. The Hall–Kier alpha value is -1.61. The van der Waals surface area contributed by atoms with Crippen LogP contribution in [0.1, 0.15) is 24.0 Å². The van der Waals surface area contributed by atoms with Crippen LogP contribution in [0.25, 0.3) is 10.8 Å². The first-order chi connectivity index (χ1) is 10.1. The molecule has 110 valence electrons. The fourth-order valence-corrected chi connectivity index (χ4v) is 3.90. The van der Waals surface area contributed by atoms with Gasteiger partial charge < -0.3 is 14.7 Å². The topological polar surface area (TPSA) is 32.7 Å². The van der Waals surface area contributed by atoms with Crippen molar-refractivity contribution in [3.63, 3.8) is 0 Å². The van der Waals surface area contributed by atoms with Crippen LogP contribution >= 0.6 is 11.6 Å². The molecule has 2 aliphatic rings. The van der Waals surface area contributed by atoms with E-state index in [1.165, 1.54) is 11.1 Å². The number of aromatic hydroxyl groups is 1. The molecule has 4 rings (SSSR count). The van der Waals surface area contributed by atoms with Crippen molar-refractivity contribution in [1.29, 1.82) is 0 Å². The number of rotatable bonds is 1. The van der Waals surface area contributed by atoms with E-state index < -0.39 is 0 Å². The largest absolute Gasteiger partial charge is 0.507 e. The first-order valence-corrected chi connectivity index (χ1v) is 7.81. The number of phenols is 1. The van der Waals surface area contributed by atoms with Gasteiger partial charge in [-0.25, -0.2) is 0 Å². The van der Waals surface area contributed by atoms with Crippen LogP contribution in [-0.4, -0.2) is 30.7 Å². The summed E-state index contributed by atoms with van der Waals surface area (Å²) in [6, 6.07) is 5.93. The van der Waals surface area contributed by atoms with E-state index in [0.29, 0.717) is 5.75 Å². The van der Waals surface area contributed by atoms with Gasteiger partial charge in [-0.3, -0.25) is 0 Å². The lowest BCUT2D eigenvalue weighted by molar-refractivity contribution is 0.360. The van der Waals surface area contributed by atoms with Gasteiger partial charge >= 0.3 is 0 Å². The molecule has 0 fully saturated rings. The average molecular weight is 304 g/mol. The summed E-state index contributed by atoms with van der Waals surface area (Å²) in [4.78, 5) is 2.17. The van der Waals surface area contributed by atoms with Crippen LogP contribution in [0, 0.1) is 0 Å². The number of fused-ring (bicyclic) bond motifs is 5. The number of anilines is 1. The number of alkyl halides is 1. The molecule has 2 heterocycles. The van der Waals surface area contributed by atoms with Gasteiger partial charge in [0.1, 0.15) is 11.5 Å². The van der Waals surface area contributed by atoms with Gasteiger partial charge in [0.05, 0.1) is 6.61 Å². The van der Waals surface area contributed by atoms with Crippen molar-refractivity contribution < 1.29 is 9.84 Å². The summed E-state index contributed by atoms with van der Waals surface area (Å²) in [5.41, 5.74) is 3.53. The van der Waals surface area contributed by atoms with Gasteiger partial charge in [0, 0.05) is 53.8 Å². The van der Waals surface area contributed by atoms with E-state index in [1.54, 1.807) is 0 Å². The van der Waals surface area contributed by atoms with Crippen molar-refractivity contribution in [3.05, 3.63) is 29.3 Å². The van der Waals surface area contributed by atoms with Crippen molar-refractivity contribution >= 4 is 28.1 Å². The molecule has 3 nitrogen and oxygen atoms in total. The van der Waals surface area contributed by atoms with Crippen molar-refractivity contribution in [1.82, 2.24) is 0 Å². The Morgan fingerprint density at radius 1 is 1.43 bits per heavy atom. The van der Waals surface area contributed by atoms with E-state index in [2.05, 4.69) is 11.0 Å². The predicted molar refractivity (Wildman–Crippen MR) is 86.1 cm³/mol. The molecule has 2 unspecified atom stereocenters.